The lowest BCUT2D eigenvalue weighted by atomic mass is 9.92. The van der Waals surface area contributed by atoms with Crippen molar-refractivity contribution < 1.29 is 4.39 Å². The molecule has 2 heterocycles. The Bertz CT molecular complexity index is 1060. The Balaban J connectivity index is 1.42. The Kier molecular flexibility index (Phi) is 6.17. The van der Waals surface area contributed by atoms with E-state index in [0.29, 0.717) is 24.2 Å². The number of hydrogen-bond acceptors (Lipinski definition) is 6. The second-order valence-corrected chi connectivity index (χ2v) is 8.82. The Hall–Kier alpha value is -3.35. The number of piperazine rings is 1. The Labute approximate surface area is 189 Å². The fourth-order valence-electron chi connectivity index (χ4n) is 4.41. The summed E-state index contributed by atoms with van der Waals surface area (Å²) in [5, 5.41) is 10.0. The summed E-state index contributed by atoms with van der Waals surface area (Å²) in [7, 11) is 0. The minimum absolute atomic E-state index is 0.0810. The lowest BCUT2D eigenvalue weighted by Crippen LogP contribution is -2.42. The smallest absolute Gasteiger partial charge is 0.225 e. The highest BCUT2D eigenvalue weighted by Crippen LogP contribution is 2.36. The normalized spacial score (nSPS) is 16.7. The molecule has 1 aromatic heterocycles. The third kappa shape index (κ3) is 4.61. The van der Waals surface area contributed by atoms with Crippen LogP contribution in [0.1, 0.15) is 31.9 Å². The number of anilines is 2. The molecule has 0 bridgehead atoms. The highest BCUT2D eigenvalue weighted by molar-refractivity contribution is 5.76. The van der Waals surface area contributed by atoms with Crippen molar-refractivity contribution in [2.24, 2.45) is 5.92 Å². The van der Waals surface area contributed by atoms with Gasteiger partial charge in [0.2, 0.25) is 5.95 Å². The molecule has 1 atom stereocenters. The molecule has 1 unspecified atom stereocenters. The van der Waals surface area contributed by atoms with E-state index in [1.165, 1.54) is 17.2 Å². The molecule has 1 saturated heterocycles. The van der Waals surface area contributed by atoms with Gasteiger partial charge >= 0.3 is 0 Å². The molecule has 1 aliphatic heterocycles. The third-order valence-corrected chi connectivity index (χ3v) is 6.07. The van der Waals surface area contributed by atoms with E-state index in [2.05, 4.69) is 64.7 Å². The first-order valence-electron chi connectivity index (χ1n) is 11.0. The number of aromatic nitrogens is 2. The maximum absolute atomic E-state index is 13.8. The Morgan fingerprint density at radius 2 is 2.00 bits per heavy atom. The van der Waals surface area contributed by atoms with Crippen molar-refractivity contribution in [1.82, 2.24) is 20.6 Å². The summed E-state index contributed by atoms with van der Waals surface area (Å²) in [6, 6.07) is 5.14. The zero-order chi connectivity index (χ0) is 22.8. The maximum Gasteiger partial charge on any atom is 0.225 e. The van der Waals surface area contributed by atoms with Crippen molar-refractivity contribution in [1.29, 1.82) is 0 Å². The van der Waals surface area contributed by atoms with Gasteiger partial charge in [-0.05, 0) is 53.7 Å². The second kappa shape index (κ2) is 9.02. The Morgan fingerprint density at radius 3 is 2.69 bits per heavy atom. The van der Waals surface area contributed by atoms with Crippen LogP contribution in [0, 0.1) is 11.7 Å². The molecular weight excluding hydrogens is 403 g/mol. The van der Waals surface area contributed by atoms with Crippen molar-refractivity contribution in [3.63, 3.8) is 0 Å². The number of rotatable bonds is 7. The Morgan fingerprint density at radius 1 is 1.25 bits per heavy atom. The number of allylic oxidation sites excluding steroid dienone is 1. The van der Waals surface area contributed by atoms with Crippen molar-refractivity contribution in [2.45, 2.75) is 33.2 Å². The molecule has 4 rings (SSSR count). The lowest BCUT2D eigenvalue weighted by molar-refractivity contribution is 0.479. The monoisotopic (exact) mass is 434 g/mol. The minimum Gasteiger partial charge on any atom is -0.386 e. The highest BCUT2D eigenvalue weighted by atomic mass is 19.1. The van der Waals surface area contributed by atoms with E-state index in [-0.39, 0.29) is 11.9 Å². The molecule has 0 saturated carbocycles. The number of benzene rings is 1. The first-order valence-corrected chi connectivity index (χ1v) is 11.0. The largest absolute Gasteiger partial charge is 0.386 e. The van der Waals surface area contributed by atoms with Crippen LogP contribution < -0.4 is 20.9 Å². The molecule has 2 aliphatic rings. The molecule has 32 heavy (non-hydrogen) atoms. The molecule has 7 heteroatoms. The van der Waals surface area contributed by atoms with Crippen LogP contribution in [0.15, 0.2) is 60.8 Å². The van der Waals surface area contributed by atoms with Crippen LogP contribution in [-0.4, -0.2) is 35.6 Å². The molecule has 3 N–H and O–H groups in total. The van der Waals surface area contributed by atoms with Gasteiger partial charge in [0, 0.05) is 18.8 Å². The average Bonchev–Trinajstić information content (AvgIpc) is 3.08. The number of halogens is 1. The van der Waals surface area contributed by atoms with E-state index < -0.39 is 0 Å². The summed E-state index contributed by atoms with van der Waals surface area (Å²) < 4.78 is 13.8. The van der Waals surface area contributed by atoms with Gasteiger partial charge in [-0.15, -0.1) is 0 Å². The van der Waals surface area contributed by atoms with Gasteiger partial charge < -0.3 is 20.9 Å². The summed E-state index contributed by atoms with van der Waals surface area (Å²) in [5.74, 6) is 1.50. The summed E-state index contributed by atoms with van der Waals surface area (Å²) in [4.78, 5) is 11.1. The van der Waals surface area contributed by atoms with Gasteiger partial charge in [-0.2, -0.15) is 0 Å². The van der Waals surface area contributed by atoms with Gasteiger partial charge in [-0.25, -0.2) is 14.4 Å². The predicted molar refractivity (Wildman–Crippen MR) is 129 cm³/mol. The third-order valence-electron chi connectivity index (χ3n) is 6.07. The van der Waals surface area contributed by atoms with Gasteiger partial charge in [0.1, 0.15) is 5.82 Å². The first kappa shape index (κ1) is 21.9. The summed E-state index contributed by atoms with van der Waals surface area (Å²) >= 11 is 0. The fraction of sp³-hybridized carbons (Fsp3) is 0.360. The quantitative estimate of drug-likeness (QED) is 0.611. The van der Waals surface area contributed by atoms with Gasteiger partial charge in [-0.3, -0.25) is 0 Å². The number of hydrogen-bond donors (Lipinski definition) is 3. The van der Waals surface area contributed by atoms with Crippen molar-refractivity contribution in [2.75, 3.05) is 29.9 Å². The van der Waals surface area contributed by atoms with Crippen molar-refractivity contribution in [3.05, 3.63) is 77.8 Å². The number of nitrogens with one attached hydrogen (secondary N) is 3. The molecule has 0 spiro atoms. The van der Waals surface area contributed by atoms with Crippen LogP contribution in [0.4, 0.5) is 16.0 Å². The predicted octanol–water partition coefficient (Wildman–Crippen LogP) is 4.07. The molecule has 0 amide bonds. The molecule has 2 aromatic rings. The topological polar surface area (TPSA) is 65.1 Å². The van der Waals surface area contributed by atoms with E-state index in [1.54, 1.807) is 18.5 Å². The molecule has 1 fully saturated rings. The van der Waals surface area contributed by atoms with Crippen LogP contribution in [0.5, 0.6) is 0 Å². The molecule has 168 valence electrons. The van der Waals surface area contributed by atoms with Crippen LogP contribution in [0.25, 0.3) is 5.57 Å². The maximum atomic E-state index is 13.8. The van der Waals surface area contributed by atoms with Gasteiger partial charge in [0.05, 0.1) is 36.5 Å². The molecule has 1 aromatic carbocycles. The molecule has 0 radical (unpaired) electrons. The lowest BCUT2D eigenvalue weighted by Gasteiger charge is -2.29. The van der Waals surface area contributed by atoms with Crippen LogP contribution >= 0.6 is 0 Å². The van der Waals surface area contributed by atoms with Gasteiger partial charge in [0.25, 0.3) is 0 Å². The first-order chi connectivity index (χ1) is 15.3. The standard InChI is InChI=1S/C25H31FN6/c1-15(2)24(23-10-19-6-7-20(26)11-22(19)17(23)4)31-18(5)30-21-12-28-25(29-13-21)32-9-8-27-16(3)14-32/h6-7,11-13,15,24,27,30-31H,3,5,8-10,14H2,1-2,4H3. The fourth-order valence-corrected chi connectivity index (χ4v) is 4.41. The summed E-state index contributed by atoms with van der Waals surface area (Å²) in [5.41, 5.74) is 6.33. The zero-order valence-corrected chi connectivity index (χ0v) is 19.0. The number of nitrogens with zero attached hydrogens (tertiary/aromatic N) is 3. The summed E-state index contributed by atoms with van der Waals surface area (Å²) in [6.45, 7) is 17.0. The molecule has 1 aliphatic carbocycles. The van der Waals surface area contributed by atoms with E-state index >= 15 is 0 Å². The van der Waals surface area contributed by atoms with Crippen LogP contribution in [0.2, 0.25) is 0 Å². The van der Waals surface area contributed by atoms with E-state index in [0.717, 1.165) is 42.0 Å². The van der Waals surface area contributed by atoms with Gasteiger partial charge in [0.15, 0.2) is 0 Å². The highest BCUT2D eigenvalue weighted by Gasteiger charge is 2.27. The van der Waals surface area contributed by atoms with E-state index in [4.69, 9.17) is 0 Å². The van der Waals surface area contributed by atoms with Gasteiger partial charge in [-0.1, -0.05) is 33.1 Å². The average molecular weight is 435 g/mol. The minimum atomic E-state index is -0.196. The summed E-state index contributed by atoms with van der Waals surface area (Å²) in [6.07, 6.45) is 4.35. The van der Waals surface area contributed by atoms with E-state index in [9.17, 15) is 4.39 Å². The number of fused-ring (bicyclic) bond motifs is 1. The SMILES string of the molecule is C=C1CN(c2ncc(NC(=C)NC(C3=C(C)c4cc(F)ccc4C3)C(C)C)cn2)CCN1. The van der Waals surface area contributed by atoms with Crippen molar-refractivity contribution in [3.8, 4) is 0 Å². The molecular formula is C25H31FN6. The molecule has 6 nitrogen and oxygen atoms in total. The van der Waals surface area contributed by atoms with Crippen LogP contribution in [-0.2, 0) is 6.42 Å². The second-order valence-electron chi connectivity index (χ2n) is 8.82. The van der Waals surface area contributed by atoms with E-state index in [1.807, 2.05) is 6.07 Å². The van der Waals surface area contributed by atoms with Crippen LogP contribution in [0.3, 0.4) is 0 Å². The zero-order valence-electron chi connectivity index (χ0n) is 19.0. The van der Waals surface area contributed by atoms with Crippen molar-refractivity contribution >= 4 is 17.2 Å².